The van der Waals surface area contributed by atoms with Crippen LogP contribution in [0.4, 0.5) is 13.2 Å². The summed E-state index contributed by atoms with van der Waals surface area (Å²) in [6.07, 6.45) is -1.57. The normalized spacial score (nSPS) is 17.1. The number of para-hydroxylation sites is 1. The third-order valence-corrected chi connectivity index (χ3v) is 5.54. The van der Waals surface area contributed by atoms with Gasteiger partial charge < -0.3 is 15.1 Å². The van der Waals surface area contributed by atoms with Crippen LogP contribution in [0.25, 0.3) is 11.0 Å². The van der Waals surface area contributed by atoms with Crippen molar-refractivity contribution in [3.8, 4) is 0 Å². The van der Waals surface area contributed by atoms with Gasteiger partial charge in [0.05, 0.1) is 13.1 Å². The summed E-state index contributed by atoms with van der Waals surface area (Å²) in [7, 11) is 1.72. The zero-order chi connectivity index (χ0) is 20.9. The summed E-state index contributed by atoms with van der Waals surface area (Å²) < 4.78 is 43.3. The molecule has 1 aromatic heterocycles. The number of alkyl halides is 3. The number of piperidine rings is 1. The van der Waals surface area contributed by atoms with Crippen LogP contribution in [0.5, 0.6) is 0 Å². The van der Waals surface area contributed by atoms with Crippen LogP contribution < -0.4 is 10.6 Å². The Balaban J connectivity index is 1.39. The first-order valence-electron chi connectivity index (χ1n) is 10.1. The van der Waals surface area contributed by atoms with Crippen LogP contribution in [0, 0.1) is 12.8 Å². The molecule has 1 aromatic carbocycles. The van der Waals surface area contributed by atoms with Gasteiger partial charge in [-0.15, -0.1) is 0 Å². The summed E-state index contributed by atoms with van der Waals surface area (Å²) in [6.45, 7) is 3.56. The highest BCUT2D eigenvalue weighted by Crippen LogP contribution is 2.25. The van der Waals surface area contributed by atoms with Crippen LogP contribution in [-0.4, -0.2) is 50.3 Å². The van der Waals surface area contributed by atoms with E-state index in [-0.39, 0.29) is 0 Å². The number of rotatable bonds is 6. The van der Waals surface area contributed by atoms with Crippen molar-refractivity contribution in [2.75, 3.05) is 33.2 Å². The molecule has 29 heavy (non-hydrogen) atoms. The first-order valence-corrected chi connectivity index (χ1v) is 10.1. The number of furan rings is 1. The molecule has 2 aromatic rings. The number of aryl methyl sites for hydroxylation is 1. The lowest BCUT2D eigenvalue weighted by Crippen LogP contribution is -2.41. The van der Waals surface area contributed by atoms with Gasteiger partial charge in [0.1, 0.15) is 11.3 Å². The van der Waals surface area contributed by atoms with Gasteiger partial charge >= 0.3 is 6.18 Å². The maximum absolute atomic E-state index is 12.5. The fraction of sp³-hybridized carbons (Fsp3) is 0.571. The number of fused-ring (bicyclic) bond motifs is 1. The van der Waals surface area contributed by atoms with Crippen molar-refractivity contribution >= 4 is 16.9 Å². The maximum atomic E-state index is 12.5. The van der Waals surface area contributed by atoms with E-state index in [1.54, 1.807) is 7.05 Å². The summed E-state index contributed by atoms with van der Waals surface area (Å²) in [5, 5.41) is 7.68. The molecule has 0 atom stereocenters. The molecule has 8 heteroatoms. The molecule has 5 nitrogen and oxygen atoms in total. The van der Waals surface area contributed by atoms with E-state index in [0.717, 1.165) is 48.1 Å². The lowest BCUT2D eigenvalue weighted by atomic mass is 9.93. The number of halogens is 3. The number of guanidine groups is 1. The predicted octanol–water partition coefficient (Wildman–Crippen LogP) is 4.07. The van der Waals surface area contributed by atoms with E-state index in [0.29, 0.717) is 31.5 Å². The fourth-order valence-corrected chi connectivity index (χ4v) is 3.86. The predicted molar refractivity (Wildman–Crippen MR) is 109 cm³/mol. The van der Waals surface area contributed by atoms with Crippen LogP contribution in [0.15, 0.2) is 33.7 Å². The smallest absolute Gasteiger partial charge is 0.401 e. The summed E-state index contributed by atoms with van der Waals surface area (Å²) in [5.41, 5.74) is 2.00. The van der Waals surface area contributed by atoms with E-state index in [9.17, 15) is 13.2 Å². The summed E-state index contributed by atoms with van der Waals surface area (Å²) in [6, 6.07) is 7.95. The number of hydrogen-bond donors (Lipinski definition) is 2. The monoisotopic (exact) mass is 410 g/mol. The van der Waals surface area contributed by atoms with Crippen molar-refractivity contribution < 1.29 is 17.6 Å². The van der Waals surface area contributed by atoms with Gasteiger partial charge in [-0.05, 0) is 51.3 Å². The van der Waals surface area contributed by atoms with Crippen molar-refractivity contribution in [3.63, 3.8) is 0 Å². The van der Waals surface area contributed by atoms with Crippen LogP contribution in [0.1, 0.15) is 30.6 Å². The Hall–Kier alpha value is -2.22. The summed E-state index contributed by atoms with van der Waals surface area (Å²) in [5.74, 6) is 2.02. The highest BCUT2D eigenvalue weighted by Gasteiger charge is 2.32. The van der Waals surface area contributed by atoms with E-state index in [1.807, 2.05) is 31.2 Å². The molecule has 0 aliphatic carbocycles. The lowest BCUT2D eigenvalue weighted by Gasteiger charge is -2.32. The fourth-order valence-electron chi connectivity index (χ4n) is 3.86. The van der Waals surface area contributed by atoms with Crippen LogP contribution in [0.2, 0.25) is 0 Å². The Morgan fingerprint density at radius 2 is 1.93 bits per heavy atom. The molecule has 0 bridgehead atoms. The van der Waals surface area contributed by atoms with Gasteiger partial charge in [0, 0.05) is 24.5 Å². The minimum atomic E-state index is -4.11. The minimum Gasteiger partial charge on any atom is -0.459 e. The van der Waals surface area contributed by atoms with E-state index in [4.69, 9.17) is 4.42 Å². The first-order chi connectivity index (χ1) is 13.9. The van der Waals surface area contributed by atoms with Crippen molar-refractivity contribution in [3.05, 3.63) is 35.6 Å². The molecule has 1 saturated heterocycles. The molecule has 1 aliphatic heterocycles. The lowest BCUT2D eigenvalue weighted by molar-refractivity contribution is -0.148. The molecule has 0 saturated carbocycles. The highest BCUT2D eigenvalue weighted by molar-refractivity contribution is 5.82. The second-order valence-electron chi connectivity index (χ2n) is 7.62. The second kappa shape index (κ2) is 9.52. The third kappa shape index (κ3) is 6.13. The Morgan fingerprint density at radius 3 is 2.59 bits per heavy atom. The molecule has 160 valence electrons. The van der Waals surface area contributed by atoms with Crippen LogP contribution >= 0.6 is 0 Å². The SMILES string of the molecule is CN=C(NCCC1CCN(CC(F)(F)F)CC1)NCc1oc2ccccc2c1C. The summed E-state index contributed by atoms with van der Waals surface area (Å²) >= 11 is 0. The zero-order valence-electron chi connectivity index (χ0n) is 17.0. The van der Waals surface area contributed by atoms with Gasteiger partial charge in [-0.1, -0.05) is 18.2 Å². The first kappa shape index (κ1) is 21.5. The van der Waals surface area contributed by atoms with Crippen molar-refractivity contribution in [1.82, 2.24) is 15.5 Å². The maximum Gasteiger partial charge on any atom is 0.401 e. The van der Waals surface area contributed by atoms with E-state index in [2.05, 4.69) is 15.6 Å². The Labute approximate surface area is 169 Å². The standard InChI is InChI=1S/C21H29F3N4O/c1-15-17-5-3-4-6-18(17)29-19(15)13-27-20(25-2)26-10-7-16-8-11-28(12-9-16)14-21(22,23)24/h3-6,16H,7-14H2,1-2H3,(H2,25,26,27). The topological polar surface area (TPSA) is 52.8 Å². The number of likely N-dealkylation sites (tertiary alicyclic amines) is 1. The number of benzene rings is 1. The summed E-state index contributed by atoms with van der Waals surface area (Å²) in [4.78, 5) is 5.74. The van der Waals surface area contributed by atoms with Gasteiger partial charge in [0.15, 0.2) is 5.96 Å². The Bertz CT molecular complexity index is 823. The largest absolute Gasteiger partial charge is 0.459 e. The van der Waals surface area contributed by atoms with Gasteiger partial charge in [-0.2, -0.15) is 13.2 Å². The highest BCUT2D eigenvalue weighted by atomic mass is 19.4. The Morgan fingerprint density at radius 1 is 1.21 bits per heavy atom. The number of hydrogen-bond acceptors (Lipinski definition) is 3. The van der Waals surface area contributed by atoms with E-state index >= 15 is 0 Å². The van der Waals surface area contributed by atoms with Gasteiger partial charge in [-0.3, -0.25) is 9.89 Å². The zero-order valence-corrected chi connectivity index (χ0v) is 17.0. The van der Waals surface area contributed by atoms with Crippen molar-refractivity contribution in [2.24, 2.45) is 10.9 Å². The molecule has 0 unspecified atom stereocenters. The van der Waals surface area contributed by atoms with E-state index in [1.165, 1.54) is 4.90 Å². The average molecular weight is 410 g/mol. The molecule has 3 rings (SSSR count). The number of nitrogens with zero attached hydrogens (tertiary/aromatic N) is 2. The Kier molecular flexibility index (Phi) is 7.05. The van der Waals surface area contributed by atoms with Gasteiger partial charge in [0.25, 0.3) is 0 Å². The number of aliphatic imine (C=N–C) groups is 1. The van der Waals surface area contributed by atoms with Gasteiger partial charge in [-0.25, -0.2) is 0 Å². The quantitative estimate of drug-likeness (QED) is 0.557. The number of nitrogens with one attached hydrogen (secondary N) is 2. The molecule has 1 aliphatic rings. The van der Waals surface area contributed by atoms with Gasteiger partial charge in [0.2, 0.25) is 0 Å². The molecule has 0 spiro atoms. The van der Waals surface area contributed by atoms with Crippen LogP contribution in [0.3, 0.4) is 0 Å². The minimum absolute atomic E-state index is 0.447. The third-order valence-electron chi connectivity index (χ3n) is 5.54. The average Bonchev–Trinajstić information content (AvgIpc) is 3.01. The molecule has 0 amide bonds. The molecular weight excluding hydrogens is 381 g/mol. The molecule has 2 N–H and O–H groups in total. The molecular formula is C21H29F3N4O. The second-order valence-corrected chi connectivity index (χ2v) is 7.62. The van der Waals surface area contributed by atoms with E-state index < -0.39 is 12.7 Å². The molecule has 1 fully saturated rings. The van der Waals surface area contributed by atoms with Crippen molar-refractivity contribution in [1.29, 1.82) is 0 Å². The van der Waals surface area contributed by atoms with Crippen LogP contribution in [-0.2, 0) is 6.54 Å². The molecule has 0 radical (unpaired) electrons. The molecule has 2 heterocycles. The van der Waals surface area contributed by atoms with Crippen molar-refractivity contribution in [2.45, 2.75) is 38.9 Å².